The molecular weight excluding hydrogens is 356 g/mol. The lowest BCUT2D eigenvalue weighted by molar-refractivity contribution is -0.140. The topological polar surface area (TPSA) is 131 Å². The Labute approximate surface area is 156 Å². The fraction of sp³-hybridized carbons (Fsp3) is 0.333. The molecule has 9 nitrogen and oxygen atoms in total. The minimum absolute atomic E-state index is 0.0615. The average Bonchev–Trinajstić information content (AvgIpc) is 2.64. The second kappa shape index (κ2) is 8.67. The van der Waals surface area contributed by atoms with Gasteiger partial charge >= 0.3 is 11.9 Å². The molecule has 1 atom stereocenters. The van der Waals surface area contributed by atoms with Crippen LogP contribution in [0, 0.1) is 5.21 Å². The first-order valence-electron chi connectivity index (χ1n) is 8.12. The Morgan fingerprint density at radius 2 is 1.85 bits per heavy atom. The Bertz CT molecular complexity index is 799. The Morgan fingerprint density at radius 3 is 2.41 bits per heavy atom. The van der Waals surface area contributed by atoms with Crippen molar-refractivity contribution in [2.24, 2.45) is 0 Å². The molecule has 0 saturated heterocycles. The van der Waals surface area contributed by atoms with Crippen LogP contribution in [-0.4, -0.2) is 42.6 Å². The van der Waals surface area contributed by atoms with Crippen molar-refractivity contribution < 1.29 is 29.4 Å². The molecule has 0 saturated carbocycles. The molecule has 0 spiro atoms. The highest BCUT2D eigenvalue weighted by Gasteiger charge is 2.37. The number of aliphatic hydroxyl groups excluding tert-OH is 1. The van der Waals surface area contributed by atoms with Gasteiger partial charge < -0.3 is 30.3 Å². The minimum atomic E-state index is -0.884. The SMILES string of the molecule is COC(=O)C1=C(C)NC(C)=C(C(=O)OCCO)[C@@H]1c1cccc(N([O-])O)c1. The van der Waals surface area contributed by atoms with Crippen molar-refractivity contribution in [3.63, 3.8) is 0 Å². The maximum Gasteiger partial charge on any atom is 0.336 e. The van der Waals surface area contributed by atoms with Crippen LogP contribution in [0.3, 0.4) is 0 Å². The number of benzene rings is 1. The van der Waals surface area contributed by atoms with Crippen molar-refractivity contribution in [2.75, 3.05) is 25.6 Å². The molecule has 146 valence electrons. The first kappa shape index (κ1) is 20.4. The molecule has 1 aliphatic rings. The van der Waals surface area contributed by atoms with Crippen molar-refractivity contribution in [3.8, 4) is 0 Å². The van der Waals surface area contributed by atoms with E-state index in [9.17, 15) is 20.0 Å². The van der Waals surface area contributed by atoms with Gasteiger partial charge in [-0.05, 0) is 31.5 Å². The Morgan fingerprint density at radius 1 is 1.22 bits per heavy atom. The number of nitrogens with zero attached hydrogens (tertiary/aromatic N) is 1. The van der Waals surface area contributed by atoms with Gasteiger partial charge in [0.1, 0.15) is 6.61 Å². The number of rotatable bonds is 6. The van der Waals surface area contributed by atoms with Crippen LogP contribution in [0.5, 0.6) is 0 Å². The van der Waals surface area contributed by atoms with Crippen molar-refractivity contribution >= 4 is 17.6 Å². The summed E-state index contributed by atoms with van der Waals surface area (Å²) in [4.78, 5) is 25.0. The Hall–Kier alpha value is -2.88. The summed E-state index contributed by atoms with van der Waals surface area (Å²) in [7, 11) is 1.22. The molecule has 1 heterocycles. The van der Waals surface area contributed by atoms with Gasteiger partial charge in [-0.15, -0.1) is 0 Å². The summed E-state index contributed by atoms with van der Waals surface area (Å²) in [6, 6.07) is 5.88. The molecule has 27 heavy (non-hydrogen) atoms. The van der Waals surface area contributed by atoms with Gasteiger partial charge in [0.25, 0.3) is 0 Å². The summed E-state index contributed by atoms with van der Waals surface area (Å²) in [5, 5.41) is 32.0. The van der Waals surface area contributed by atoms with E-state index in [1.165, 1.54) is 25.3 Å². The van der Waals surface area contributed by atoms with Crippen molar-refractivity contribution in [1.29, 1.82) is 0 Å². The van der Waals surface area contributed by atoms with Gasteiger partial charge in [0.2, 0.25) is 0 Å². The van der Waals surface area contributed by atoms with Crippen LogP contribution in [-0.2, 0) is 19.1 Å². The van der Waals surface area contributed by atoms with E-state index in [-0.39, 0.29) is 35.3 Å². The van der Waals surface area contributed by atoms with E-state index in [4.69, 9.17) is 14.6 Å². The molecule has 2 rings (SSSR count). The molecule has 0 fully saturated rings. The van der Waals surface area contributed by atoms with Gasteiger partial charge in [0.05, 0.1) is 36.5 Å². The maximum atomic E-state index is 12.6. The number of hydrogen-bond donors (Lipinski definition) is 3. The summed E-state index contributed by atoms with van der Waals surface area (Å²) in [5.74, 6) is -2.26. The van der Waals surface area contributed by atoms with Crippen LogP contribution in [0.1, 0.15) is 25.3 Å². The zero-order valence-corrected chi connectivity index (χ0v) is 15.2. The molecular formula is C18H21N2O7-. The molecule has 0 aliphatic carbocycles. The quantitative estimate of drug-likeness (QED) is 0.496. The van der Waals surface area contributed by atoms with E-state index in [0.29, 0.717) is 17.0 Å². The number of esters is 2. The number of nitrogens with one attached hydrogen (secondary N) is 1. The number of hydrogen-bond acceptors (Lipinski definition) is 9. The monoisotopic (exact) mass is 377 g/mol. The molecule has 9 heteroatoms. The fourth-order valence-corrected chi connectivity index (χ4v) is 3.02. The first-order chi connectivity index (χ1) is 12.8. The van der Waals surface area contributed by atoms with Gasteiger partial charge in [0, 0.05) is 11.4 Å². The number of carbonyl (C=O) groups excluding carboxylic acids is 2. The van der Waals surface area contributed by atoms with Gasteiger partial charge in [-0.25, -0.2) is 9.59 Å². The first-order valence-corrected chi connectivity index (χ1v) is 8.12. The number of dihydropyridines is 1. The van der Waals surface area contributed by atoms with Crippen molar-refractivity contribution in [2.45, 2.75) is 19.8 Å². The number of allylic oxidation sites excluding steroid dienone is 2. The highest BCUT2D eigenvalue weighted by molar-refractivity contribution is 5.99. The standard InChI is InChI=1S/C18H21N2O7/c1-10-14(17(22)26-3)16(12-5-4-6-13(9-12)20(24)25)15(11(2)19-10)18(23)27-8-7-21/h4-6,9,16,19,21,24H,7-8H2,1-3H3/q-1/t16-/m1/s1. The van der Waals surface area contributed by atoms with Crippen LogP contribution < -0.4 is 10.5 Å². The molecule has 1 aliphatic heterocycles. The summed E-state index contributed by atoms with van der Waals surface area (Å²) >= 11 is 0. The second-order valence-corrected chi connectivity index (χ2v) is 5.85. The highest BCUT2D eigenvalue weighted by Crippen LogP contribution is 2.40. The number of ether oxygens (including phenoxy) is 2. The maximum absolute atomic E-state index is 12.6. The molecule has 1 aromatic carbocycles. The van der Waals surface area contributed by atoms with Crippen molar-refractivity contribution in [1.82, 2.24) is 5.32 Å². The predicted molar refractivity (Wildman–Crippen MR) is 95.4 cm³/mol. The van der Waals surface area contributed by atoms with Gasteiger partial charge in [0.15, 0.2) is 0 Å². The molecule has 1 aromatic rings. The third kappa shape index (κ3) is 4.27. The number of anilines is 1. The lowest BCUT2D eigenvalue weighted by Crippen LogP contribution is -2.32. The summed E-state index contributed by atoms with van der Waals surface area (Å²) in [5.41, 5.74) is 1.61. The average molecular weight is 377 g/mol. The van der Waals surface area contributed by atoms with Crippen molar-refractivity contribution in [3.05, 3.63) is 57.6 Å². The van der Waals surface area contributed by atoms with E-state index in [0.717, 1.165) is 0 Å². The van der Waals surface area contributed by atoms with Crippen LogP contribution in [0.15, 0.2) is 46.8 Å². The van der Waals surface area contributed by atoms with E-state index in [2.05, 4.69) is 5.32 Å². The lowest BCUT2D eigenvalue weighted by Gasteiger charge is -2.31. The Balaban J connectivity index is 2.64. The second-order valence-electron chi connectivity index (χ2n) is 5.85. The normalized spacial score (nSPS) is 16.7. The number of aliphatic hydroxyl groups is 1. The molecule has 3 N–H and O–H groups in total. The van der Waals surface area contributed by atoms with Gasteiger partial charge in [-0.1, -0.05) is 12.1 Å². The van der Waals surface area contributed by atoms with Gasteiger partial charge in [-0.2, -0.15) is 0 Å². The van der Waals surface area contributed by atoms with E-state index in [1.54, 1.807) is 19.9 Å². The zero-order valence-electron chi connectivity index (χ0n) is 15.2. The minimum Gasteiger partial charge on any atom is -0.733 e. The van der Waals surface area contributed by atoms with E-state index < -0.39 is 17.9 Å². The smallest absolute Gasteiger partial charge is 0.336 e. The third-order valence-electron chi connectivity index (χ3n) is 4.13. The predicted octanol–water partition coefficient (Wildman–Crippen LogP) is 1.32. The summed E-state index contributed by atoms with van der Waals surface area (Å²) < 4.78 is 9.91. The highest BCUT2D eigenvalue weighted by atomic mass is 16.8. The largest absolute Gasteiger partial charge is 0.733 e. The lowest BCUT2D eigenvalue weighted by atomic mass is 9.80. The van der Waals surface area contributed by atoms with Crippen LogP contribution in [0.4, 0.5) is 5.69 Å². The van der Waals surface area contributed by atoms with Crippen LogP contribution in [0.2, 0.25) is 0 Å². The third-order valence-corrected chi connectivity index (χ3v) is 4.13. The van der Waals surface area contributed by atoms with Gasteiger partial charge in [-0.3, -0.25) is 5.21 Å². The molecule has 0 aromatic heterocycles. The van der Waals surface area contributed by atoms with Crippen LogP contribution in [0.25, 0.3) is 0 Å². The zero-order chi connectivity index (χ0) is 20.1. The number of carbonyl (C=O) groups is 2. The Kier molecular flexibility index (Phi) is 6.56. The molecule has 0 radical (unpaired) electrons. The molecule has 0 amide bonds. The van der Waals surface area contributed by atoms with E-state index >= 15 is 0 Å². The van der Waals surface area contributed by atoms with Crippen LogP contribution >= 0.6 is 0 Å². The van der Waals surface area contributed by atoms with E-state index in [1.807, 2.05) is 0 Å². The molecule has 0 bridgehead atoms. The number of methoxy groups -OCH3 is 1. The molecule has 0 unspecified atom stereocenters. The summed E-state index contributed by atoms with van der Waals surface area (Å²) in [6.07, 6.45) is 0. The summed E-state index contributed by atoms with van der Waals surface area (Å²) in [6.45, 7) is 2.76. The fourth-order valence-electron chi connectivity index (χ4n) is 3.02.